The number of phenols is 1. The topological polar surface area (TPSA) is 136 Å². The summed E-state index contributed by atoms with van der Waals surface area (Å²) >= 11 is 0. The lowest BCUT2D eigenvalue weighted by molar-refractivity contribution is -0.149. The van der Waals surface area contributed by atoms with Crippen LogP contribution in [-0.2, 0) is 14.4 Å². The molecule has 1 atom stereocenters. The van der Waals surface area contributed by atoms with Gasteiger partial charge in [0.25, 0.3) is 5.91 Å². The molecule has 148 valence electrons. The van der Waals surface area contributed by atoms with Crippen LogP contribution in [0.25, 0.3) is 0 Å². The second kappa shape index (κ2) is 10.1. The molecular weight excluding hydrogens is 354 g/mol. The maximum atomic E-state index is 12.3. The largest absolute Gasteiger partial charge is 0.507 e. The van der Waals surface area contributed by atoms with Crippen molar-refractivity contribution in [2.75, 3.05) is 19.6 Å². The van der Waals surface area contributed by atoms with Gasteiger partial charge < -0.3 is 25.7 Å². The summed E-state index contributed by atoms with van der Waals surface area (Å²) in [4.78, 5) is 47.7. The molecule has 0 spiro atoms. The fraction of sp³-hybridized carbons (Fsp3) is 0.444. The molecule has 27 heavy (non-hydrogen) atoms. The Kier molecular flexibility index (Phi) is 8.25. The molecule has 0 heterocycles. The number of aromatic hydroxyl groups is 1. The van der Waals surface area contributed by atoms with Crippen LogP contribution in [0.15, 0.2) is 18.2 Å². The van der Waals surface area contributed by atoms with Gasteiger partial charge in [-0.1, -0.05) is 6.07 Å². The summed E-state index contributed by atoms with van der Waals surface area (Å²) < 4.78 is 0. The monoisotopic (exact) mass is 379 g/mol. The Morgan fingerprint density at radius 3 is 2.37 bits per heavy atom. The number of carboxylic acid groups (broad SMARTS) is 1. The first-order chi connectivity index (χ1) is 12.6. The van der Waals surface area contributed by atoms with Crippen molar-refractivity contribution in [3.8, 4) is 5.75 Å². The van der Waals surface area contributed by atoms with Gasteiger partial charge in [0.05, 0.1) is 5.56 Å². The van der Waals surface area contributed by atoms with E-state index in [1.807, 2.05) is 0 Å². The highest BCUT2D eigenvalue weighted by atomic mass is 16.4. The van der Waals surface area contributed by atoms with Crippen molar-refractivity contribution in [3.05, 3.63) is 29.3 Å². The van der Waals surface area contributed by atoms with Crippen molar-refractivity contribution in [1.82, 2.24) is 15.5 Å². The first-order valence-electron chi connectivity index (χ1n) is 8.48. The van der Waals surface area contributed by atoms with E-state index < -0.39 is 23.8 Å². The summed E-state index contributed by atoms with van der Waals surface area (Å²) in [6.45, 7) is 4.62. The standard InChI is InChI=1S/C18H25N3O6/c1-11-4-5-14(15(23)10-11)17(25)20-7-6-16(24)21(12(2)18(26)27)9-8-19-13(3)22/h4-5,10,12,23H,6-9H2,1-3H3,(H,19,22)(H,20,25)(H,26,27). The zero-order valence-corrected chi connectivity index (χ0v) is 15.6. The maximum absolute atomic E-state index is 12.3. The van der Waals surface area contributed by atoms with Gasteiger partial charge in [-0.15, -0.1) is 0 Å². The van der Waals surface area contributed by atoms with Gasteiger partial charge >= 0.3 is 5.97 Å². The molecule has 4 N–H and O–H groups in total. The van der Waals surface area contributed by atoms with E-state index in [1.165, 1.54) is 26.0 Å². The number of hydrogen-bond acceptors (Lipinski definition) is 5. The fourth-order valence-electron chi connectivity index (χ4n) is 2.38. The van der Waals surface area contributed by atoms with E-state index in [1.54, 1.807) is 13.0 Å². The number of carboxylic acids is 1. The summed E-state index contributed by atoms with van der Waals surface area (Å²) in [7, 11) is 0. The molecule has 1 rings (SSSR count). The first kappa shape index (κ1) is 21.9. The lowest BCUT2D eigenvalue weighted by atomic mass is 10.1. The number of carbonyl (C=O) groups is 4. The highest BCUT2D eigenvalue weighted by Gasteiger charge is 2.25. The van der Waals surface area contributed by atoms with Crippen molar-refractivity contribution in [1.29, 1.82) is 0 Å². The SMILES string of the molecule is CC(=O)NCCN(C(=O)CCNC(=O)c1ccc(C)cc1O)C(C)C(=O)O. The number of hydrogen-bond donors (Lipinski definition) is 4. The summed E-state index contributed by atoms with van der Waals surface area (Å²) in [6.07, 6.45) is -0.115. The van der Waals surface area contributed by atoms with Crippen molar-refractivity contribution < 1.29 is 29.4 Å². The van der Waals surface area contributed by atoms with Crippen LogP contribution in [0, 0.1) is 6.92 Å². The molecule has 0 radical (unpaired) electrons. The molecule has 0 aliphatic carbocycles. The smallest absolute Gasteiger partial charge is 0.326 e. The van der Waals surface area contributed by atoms with Crippen LogP contribution in [0.4, 0.5) is 0 Å². The van der Waals surface area contributed by atoms with Crippen molar-refractivity contribution in [2.45, 2.75) is 33.2 Å². The molecule has 0 aliphatic heterocycles. The second-order valence-corrected chi connectivity index (χ2v) is 6.11. The quantitative estimate of drug-likeness (QED) is 0.486. The molecule has 1 unspecified atom stereocenters. The van der Waals surface area contributed by atoms with Crippen LogP contribution in [-0.4, -0.2) is 64.5 Å². The van der Waals surface area contributed by atoms with E-state index in [-0.39, 0.29) is 43.3 Å². The molecule has 0 saturated carbocycles. The summed E-state index contributed by atoms with van der Waals surface area (Å²) in [5.74, 6) is -2.61. The van der Waals surface area contributed by atoms with Gasteiger partial charge in [-0.25, -0.2) is 4.79 Å². The fourth-order valence-corrected chi connectivity index (χ4v) is 2.38. The van der Waals surface area contributed by atoms with E-state index in [0.717, 1.165) is 10.5 Å². The second-order valence-electron chi connectivity index (χ2n) is 6.11. The average Bonchev–Trinajstić information content (AvgIpc) is 2.57. The Hall–Kier alpha value is -3.10. The number of phenolic OH excluding ortho intramolecular Hbond substituents is 1. The Bertz CT molecular complexity index is 719. The normalized spacial score (nSPS) is 11.4. The lowest BCUT2D eigenvalue weighted by Crippen LogP contribution is -2.47. The molecule has 0 aliphatic rings. The molecule has 9 heteroatoms. The number of rotatable bonds is 9. The number of aryl methyl sites for hydroxylation is 1. The minimum Gasteiger partial charge on any atom is -0.507 e. The Labute approximate surface area is 157 Å². The zero-order valence-electron chi connectivity index (χ0n) is 15.6. The molecule has 1 aromatic rings. The van der Waals surface area contributed by atoms with Crippen molar-refractivity contribution >= 4 is 23.7 Å². The third kappa shape index (κ3) is 6.96. The first-order valence-corrected chi connectivity index (χ1v) is 8.48. The summed E-state index contributed by atoms with van der Waals surface area (Å²) in [5, 5.41) is 24.0. The van der Waals surface area contributed by atoms with Gasteiger partial charge in [0.15, 0.2) is 0 Å². The Balaban J connectivity index is 2.62. The van der Waals surface area contributed by atoms with Crippen LogP contribution in [0.3, 0.4) is 0 Å². The Morgan fingerprint density at radius 1 is 1.15 bits per heavy atom. The van der Waals surface area contributed by atoms with Gasteiger partial charge in [0.1, 0.15) is 11.8 Å². The van der Waals surface area contributed by atoms with Gasteiger partial charge in [-0.2, -0.15) is 0 Å². The van der Waals surface area contributed by atoms with Gasteiger partial charge in [0.2, 0.25) is 11.8 Å². The number of amides is 3. The average molecular weight is 379 g/mol. The molecule has 3 amide bonds. The van der Waals surface area contributed by atoms with E-state index in [9.17, 15) is 24.3 Å². The highest BCUT2D eigenvalue weighted by molar-refractivity contribution is 5.97. The van der Waals surface area contributed by atoms with E-state index in [4.69, 9.17) is 5.11 Å². The Morgan fingerprint density at radius 2 is 1.81 bits per heavy atom. The minimum absolute atomic E-state index is 0.0199. The van der Waals surface area contributed by atoms with Crippen LogP contribution in [0.2, 0.25) is 0 Å². The molecular formula is C18H25N3O6. The lowest BCUT2D eigenvalue weighted by Gasteiger charge is -2.26. The third-order valence-corrected chi connectivity index (χ3v) is 3.89. The van der Waals surface area contributed by atoms with Crippen LogP contribution < -0.4 is 10.6 Å². The third-order valence-electron chi connectivity index (χ3n) is 3.89. The summed E-state index contributed by atoms with van der Waals surface area (Å²) in [6, 6.07) is 3.55. The van der Waals surface area contributed by atoms with Gasteiger partial charge in [-0.05, 0) is 31.5 Å². The van der Waals surface area contributed by atoms with Crippen LogP contribution in [0.5, 0.6) is 5.75 Å². The molecule has 0 aromatic heterocycles. The van der Waals surface area contributed by atoms with Crippen LogP contribution >= 0.6 is 0 Å². The number of carbonyl (C=O) groups excluding carboxylic acids is 3. The molecule has 0 fully saturated rings. The molecule has 0 saturated heterocycles. The molecule has 9 nitrogen and oxygen atoms in total. The summed E-state index contributed by atoms with van der Waals surface area (Å²) in [5.41, 5.74) is 0.895. The van der Waals surface area contributed by atoms with E-state index in [2.05, 4.69) is 10.6 Å². The van der Waals surface area contributed by atoms with Crippen molar-refractivity contribution in [3.63, 3.8) is 0 Å². The number of nitrogens with zero attached hydrogens (tertiary/aromatic N) is 1. The minimum atomic E-state index is -1.17. The molecule has 1 aromatic carbocycles. The predicted octanol–water partition coefficient (Wildman–Crippen LogP) is 0.258. The zero-order chi connectivity index (χ0) is 20.6. The van der Waals surface area contributed by atoms with Crippen molar-refractivity contribution in [2.24, 2.45) is 0 Å². The van der Waals surface area contributed by atoms with E-state index >= 15 is 0 Å². The number of nitrogens with one attached hydrogen (secondary N) is 2. The number of aliphatic carboxylic acids is 1. The van der Waals surface area contributed by atoms with E-state index in [0.29, 0.717) is 0 Å². The highest BCUT2D eigenvalue weighted by Crippen LogP contribution is 2.18. The number of benzene rings is 1. The van der Waals surface area contributed by atoms with Gasteiger partial charge in [0, 0.05) is 33.0 Å². The maximum Gasteiger partial charge on any atom is 0.326 e. The van der Waals surface area contributed by atoms with Gasteiger partial charge in [-0.3, -0.25) is 14.4 Å². The molecule has 0 bridgehead atoms. The van der Waals surface area contributed by atoms with Crippen LogP contribution in [0.1, 0.15) is 36.2 Å². The predicted molar refractivity (Wildman–Crippen MR) is 97.3 cm³/mol.